The summed E-state index contributed by atoms with van der Waals surface area (Å²) in [5.41, 5.74) is 4.64. The van der Waals surface area contributed by atoms with Crippen molar-refractivity contribution in [2.75, 3.05) is 0 Å². The number of aromatic nitrogens is 3. The predicted molar refractivity (Wildman–Crippen MR) is 156 cm³/mol. The van der Waals surface area contributed by atoms with Crippen molar-refractivity contribution >= 4 is 34.5 Å². The van der Waals surface area contributed by atoms with Crippen molar-refractivity contribution in [3.8, 4) is 11.4 Å². The molecule has 0 fully saturated rings. The molecule has 1 amide bonds. The Labute approximate surface area is 249 Å². The average molecular weight is 603 g/mol. The molecule has 1 aliphatic carbocycles. The van der Waals surface area contributed by atoms with Crippen LogP contribution in [-0.4, -0.2) is 32.0 Å². The molecule has 218 valence electrons. The van der Waals surface area contributed by atoms with Gasteiger partial charge in [0.2, 0.25) is 6.10 Å². The zero-order valence-corrected chi connectivity index (χ0v) is 23.6. The molecule has 5 aromatic rings. The number of carboxylic acid groups (broad SMARTS) is 1. The van der Waals surface area contributed by atoms with Crippen molar-refractivity contribution in [1.82, 2.24) is 20.3 Å². The molecular weight excluding hydrogens is 578 g/mol. The molecular formula is C32H25ClF2N4O4. The highest BCUT2D eigenvalue weighted by Crippen LogP contribution is 2.33. The van der Waals surface area contributed by atoms with Crippen molar-refractivity contribution in [2.24, 2.45) is 0 Å². The van der Waals surface area contributed by atoms with Crippen LogP contribution in [-0.2, 0) is 11.2 Å². The van der Waals surface area contributed by atoms with E-state index in [0.29, 0.717) is 33.9 Å². The largest absolute Gasteiger partial charge is 0.478 e. The fourth-order valence-corrected chi connectivity index (χ4v) is 5.73. The lowest BCUT2D eigenvalue weighted by Crippen LogP contribution is -2.31. The first-order valence-corrected chi connectivity index (χ1v) is 14.0. The minimum atomic E-state index is -1.69. The van der Waals surface area contributed by atoms with Gasteiger partial charge in [0, 0.05) is 23.3 Å². The van der Waals surface area contributed by atoms with Crippen LogP contribution in [0.2, 0.25) is 5.02 Å². The zero-order valence-electron chi connectivity index (χ0n) is 22.9. The van der Waals surface area contributed by atoms with Crippen LogP contribution in [0.5, 0.6) is 5.75 Å². The van der Waals surface area contributed by atoms with Crippen LogP contribution in [0, 0.1) is 18.6 Å². The molecule has 0 aliphatic heterocycles. The van der Waals surface area contributed by atoms with Crippen molar-refractivity contribution < 1.29 is 28.2 Å². The number of aliphatic carboxylic acids is 1. The van der Waals surface area contributed by atoms with Gasteiger partial charge >= 0.3 is 5.97 Å². The number of nitrogens with zero attached hydrogens (tertiary/aromatic N) is 3. The number of nitrogens with one attached hydrogen (secondary N) is 1. The number of amides is 1. The van der Waals surface area contributed by atoms with Crippen LogP contribution < -0.4 is 10.1 Å². The predicted octanol–water partition coefficient (Wildman–Crippen LogP) is 6.67. The standard InChI is InChI=1S/C32H25ClF2N4O4/c1-17-23(31(40)36-26-8-4-6-18-5-2-3-7-24(18)26)10-12-27-29(17)37-38-39(27)28-16-22(9-11-25(28)33)43-30(32(41)42)19-13-20(34)15-21(35)14-19/h2-3,5,7,9-16,26,30H,4,6,8H2,1H3,(H,36,40)(H,41,42). The van der Waals surface area contributed by atoms with Gasteiger partial charge in [0.15, 0.2) is 0 Å². The number of carboxylic acids is 1. The summed E-state index contributed by atoms with van der Waals surface area (Å²) in [5, 5.41) is 21.7. The van der Waals surface area contributed by atoms with Gasteiger partial charge in [-0.3, -0.25) is 4.79 Å². The van der Waals surface area contributed by atoms with Crippen molar-refractivity contribution in [3.05, 3.63) is 117 Å². The fraction of sp³-hybridized carbons (Fsp3) is 0.188. The fourth-order valence-electron chi connectivity index (χ4n) is 5.54. The Hall–Kier alpha value is -4.83. The van der Waals surface area contributed by atoms with E-state index in [9.17, 15) is 23.5 Å². The highest BCUT2D eigenvalue weighted by molar-refractivity contribution is 6.32. The van der Waals surface area contributed by atoms with E-state index in [-0.39, 0.29) is 28.3 Å². The van der Waals surface area contributed by atoms with Gasteiger partial charge in [-0.25, -0.2) is 18.3 Å². The molecule has 1 heterocycles. The lowest BCUT2D eigenvalue weighted by Gasteiger charge is -2.26. The highest BCUT2D eigenvalue weighted by atomic mass is 35.5. The zero-order chi connectivity index (χ0) is 30.2. The molecule has 0 saturated heterocycles. The SMILES string of the molecule is Cc1c(C(=O)NC2CCCc3ccccc32)ccc2c1nnn2-c1cc(OC(C(=O)O)c2cc(F)cc(F)c2)ccc1Cl. The van der Waals surface area contributed by atoms with Gasteiger partial charge in [0.1, 0.15) is 22.9 Å². The number of benzene rings is 4. The van der Waals surface area contributed by atoms with Gasteiger partial charge in [0.05, 0.1) is 22.3 Å². The Morgan fingerprint density at radius 1 is 1.07 bits per heavy atom. The third-order valence-electron chi connectivity index (χ3n) is 7.60. The number of carbonyl (C=O) groups is 2. The highest BCUT2D eigenvalue weighted by Gasteiger charge is 2.26. The van der Waals surface area contributed by atoms with E-state index in [0.717, 1.165) is 37.0 Å². The number of aryl methyl sites for hydroxylation is 2. The Morgan fingerprint density at radius 2 is 1.84 bits per heavy atom. The van der Waals surface area contributed by atoms with E-state index in [2.05, 4.69) is 27.8 Å². The molecule has 11 heteroatoms. The number of carbonyl (C=O) groups excluding carboxylic acids is 1. The average Bonchev–Trinajstić information content (AvgIpc) is 3.41. The molecule has 4 aromatic carbocycles. The summed E-state index contributed by atoms with van der Waals surface area (Å²) in [5.74, 6) is -3.44. The molecule has 2 atom stereocenters. The normalized spacial score (nSPS) is 15.1. The minimum Gasteiger partial charge on any atom is -0.478 e. The molecule has 2 N–H and O–H groups in total. The topological polar surface area (TPSA) is 106 Å². The Balaban J connectivity index is 1.29. The number of hydrogen-bond donors (Lipinski definition) is 2. The van der Waals surface area contributed by atoms with E-state index in [1.807, 2.05) is 12.1 Å². The molecule has 0 bridgehead atoms. The monoisotopic (exact) mass is 602 g/mol. The van der Waals surface area contributed by atoms with E-state index in [1.54, 1.807) is 19.1 Å². The number of halogens is 3. The van der Waals surface area contributed by atoms with Crippen LogP contribution in [0.25, 0.3) is 16.7 Å². The second-order valence-electron chi connectivity index (χ2n) is 10.4. The summed E-state index contributed by atoms with van der Waals surface area (Å²) < 4.78 is 34.7. The molecule has 1 aliphatic rings. The molecule has 6 rings (SSSR count). The van der Waals surface area contributed by atoms with E-state index >= 15 is 0 Å². The molecule has 1 aromatic heterocycles. The van der Waals surface area contributed by atoms with Gasteiger partial charge < -0.3 is 15.2 Å². The number of hydrogen-bond acceptors (Lipinski definition) is 5. The summed E-state index contributed by atoms with van der Waals surface area (Å²) in [4.78, 5) is 25.3. The van der Waals surface area contributed by atoms with Crippen molar-refractivity contribution in [3.63, 3.8) is 0 Å². The van der Waals surface area contributed by atoms with E-state index in [1.165, 1.54) is 28.4 Å². The summed E-state index contributed by atoms with van der Waals surface area (Å²) in [6.07, 6.45) is 1.15. The first-order valence-electron chi connectivity index (χ1n) is 13.6. The number of rotatable bonds is 7. The van der Waals surface area contributed by atoms with Gasteiger partial charge in [0.25, 0.3) is 5.91 Å². The minimum absolute atomic E-state index is 0.0700. The third-order valence-corrected chi connectivity index (χ3v) is 7.92. The van der Waals surface area contributed by atoms with Gasteiger partial charge in [-0.1, -0.05) is 41.1 Å². The lowest BCUT2D eigenvalue weighted by molar-refractivity contribution is -0.145. The summed E-state index contributed by atoms with van der Waals surface area (Å²) in [6.45, 7) is 1.79. The van der Waals surface area contributed by atoms with Gasteiger partial charge in [-0.05, 0) is 79.3 Å². The van der Waals surface area contributed by atoms with Gasteiger partial charge in [-0.15, -0.1) is 5.10 Å². The van der Waals surface area contributed by atoms with Crippen LogP contribution in [0.3, 0.4) is 0 Å². The molecule has 8 nitrogen and oxygen atoms in total. The quantitative estimate of drug-likeness (QED) is 0.215. The van der Waals surface area contributed by atoms with Crippen LogP contribution >= 0.6 is 11.6 Å². The molecule has 0 spiro atoms. The first kappa shape index (κ1) is 28.3. The second-order valence-corrected chi connectivity index (χ2v) is 10.8. The maximum absolute atomic E-state index is 13.8. The maximum atomic E-state index is 13.8. The summed E-state index contributed by atoms with van der Waals surface area (Å²) >= 11 is 6.49. The molecule has 0 saturated carbocycles. The van der Waals surface area contributed by atoms with Gasteiger partial charge in [-0.2, -0.15) is 0 Å². The Morgan fingerprint density at radius 3 is 2.60 bits per heavy atom. The smallest absolute Gasteiger partial charge is 0.349 e. The number of ether oxygens (including phenoxy) is 1. The lowest BCUT2D eigenvalue weighted by atomic mass is 9.87. The molecule has 2 unspecified atom stereocenters. The first-order chi connectivity index (χ1) is 20.7. The molecule has 43 heavy (non-hydrogen) atoms. The van der Waals surface area contributed by atoms with E-state index < -0.39 is 23.7 Å². The number of fused-ring (bicyclic) bond motifs is 2. The van der Waals surface area contributed by atoms with E-state index in [4.69, 9.17) is 16.3 Å². The van der Waals surface area contributed by atoms with Crippen LogP contribution in [0.15, 0.2) is 72.8 Å². The summed E-state index contributed by atoms with van der Waals surface area (Å²) in [7, 11) is 0. The second kappa shape index (κ2) is 11.4. The van der Waals surface area contributed by atoms with Crippen molar-refractivity contribution in [1.29, 1.82) is 0 Å². The van der Waals surface area contributed by atoms with Crippen LogP contribution in [0.1, 0.15) is 57.6 Å². The summed E-state index contributed by atoms with van der Waals surface area (Å²) in [6, 6.07) is 18.3. The maximum Gasteiger partial charge on any atom is 0.349 e. The third kappa shape index (κ3) is 5.53. The Kier molecular flexibility index (Phi) is 7.53. The molecule has 0 radical (unpaired) electrons. The Bertz CT molecular complexity index is 1870. The van der Waals surface area contributed by atoms with Crippen LogP contribution in [0.4, 0.5) is 8.78 Å². The van der Waals surface area contributed by atoms with Crippen molar-refractivity contribution in [2.45, 2.75) is 38.3 Å².